The topological polar surface area (TPSA) is 42.2 Å². The van der Waals surface area contributed by atoms with Crippen molar-refractivity contribution in [3.05, 3.63) is 29.8 Å². The summed E-state index contributed by atoms with van der Waals surface area (Å²) in [5, 5.41) is 8.08. The molecule has 3 nitrogen and oxygen atoms in total. The van der Waals surface area contributed by atoms with Gasteiger partial charge in [0.05, 0.1) is 12.2 Å². The van der Waals surface area contributed by atoms with Crippen molar-refractivity contribution in [3.63, 3.8) is 0 Å². The summed E-state index contributed by atoms with van der Waals surface area (Å²) in [7, 11) is 0. The van der Waals surface area contributed by atoms with Gasteiger partial charge >= 0.3 is 0 Å². The zero-order valence-electron chi connectivity index (χ0n) is 9.43. The molecule has 90 valence electrons. The van der Waals surface area contributed by atoms with Gasteiger partial charge in [-0.1, -0.05) is 12.1 Å². The normalized spacial score (nSPS) is 20.8. The number of alkyl halides is 1. The Morgan fingerprint density at radius 2 is 2.24 bits per heavy atom. The maximum atomic E-state index is 8.67. The average Bonchev–Trinajstić information content (AvgIpc) is 2.89. The average molecular weight is 252 g/mol. The van der Waals surface area contributed by atoms with Crippen LogP contribution in [0, 0.1) is 11.3 Å². The summed E-state index contributed by atoms with van der Waals surface area (Å²) < 4.78 is 11.1. The van der Waals surface area contributed by atoms with Crippen LogP contribution in [0.4, 0.5) is 0 Å². The van der Waals surface area contributed by atoms with E-state index in [4.69, 9.17) is 26.3 Å². The summed E-state index contributed by atoms with van der Waals surface area (Å²) >= 11 is 5.80. The van der Waals surface area contributed by atoms with Crippen LogP contribution in [-0.4, -0.2) is 19.3 Å². The van der Waals surface area contributed by atoms with Crippen molar-refractivity contribution in [3.8, 4) is 11.8 Å². The highest BCUT2D eigenvalue weighted by atomic mass is 35.5. The number of benzene rings is 1. The Bertz CT molecular complexity index is 393. The first-order chi connectivity index (χ1) is 8.29. The van der Waals surface area contributed by atoms with Crippen LogP contribution in [0.5, 0.6) is 5.75 Å². The molecule has 1 aromatic carbocycles. The molecule has 0 radical (unpaired) electrons. The van der Waals surface area contributed by atoms with Gasteiger partial charge in [-0.15, -0.1) is 11.6 Å². The summed E-state index contributed by atoms with van der Waals surface area (Å²) in [5.41, 5.74) is 0.790. The third kappa shape index (κ3) is 3.36. The van der Waals surface area contributed by atoms with E-state index in [1.807, 2.05) is 30.3 Å². The van der Waals surface area contributed by atoms with Crippen LogP contribution in [-0.2, 0) is 4.74 Å². The van der Waals surface area contributed by atoms with Gasteiger partial charge < -0.3 is 9.47 Å². The molecule has 1 heterocycles. The molecule has 0 saturated carbocycles. The van der Waals surface area contributed by atoms with Gasteiger partial charge in [-0.2, -0.15) is 5.26 Å². The number of nitriles is 1. The molecule has 1 saturated heterocycles. The van der Waals surface area contributed by atoms with Crippen LogP contribution in [0.1, 0.15) is 23.8 Å². The van der Waals surface area contributed by atoms with Gasteiger partial charge in [0.2, 0.25) is 0 Å². The number of rotatable bonds is 4. The summed E-state index contributed by atoms with van der Waals surface area (Å²) in [6.45, 7) is 1.42. The third-order valence-electron chi connectivity index (χ3n) is 2.75. The SMILES string of the molecule is N#CC(Cl)c1ccc(OCC2CCCO2)cc1. The van der Waals surface area contributed by atoms with Crippen molar-refractivity contribution in [1.29, 1.82) is 5.26 Å². The highest BCUT2D eigenvalue weighted by Gasteiger charge is 2.16. The molecule has 0 aromatic heterocycles. The van der Waals surface area contributed by atoms with Gasteiger partial charge in [-0.3, -0.25) is 0 Å². The van der Waals surface area contributed by atoms with Crippen molar-refractivity contribution in [2.75, 3.05) is 13.2 Å². The lowest BCUT2D eigenvalue weighted by molar-refractivity contribution is 0.0679. The van der Waals surface area contributed by atoms with Crippen LogP contribution in [0.15, 0.2) is 24.3 Å². The van der Waals surface area contributed by atoms with Crippen LogP contribution in [0.3, 0.4) is 0 Å². The molecule has 1 aliphatic rings. The van der Waals surface area contributed by atoms with E-state index in [-0.39, 0.29) is 6.10 Å². The zero-order chi connectivity index (χ0) is 12.1. The third-order valence-corrected chi connectivity index (χ3v) is 3.10. The molecule has 0 amide bonds. The van der Waals surface area contributed by atoms with E-state index in [9.17, 15) is 0 Å². The van der Waals surface area contributed by atoms with Gasteiger partial charge in [0.1, 0.15) is 17.7 Å². The molecular weight excluding hydrogens is 238 g/mol. The van der Waals surface area contributed by atoms with Gasteiger partial charge in [-0.05, 0) is 30.5 Å². The molecule has 1 aliphatic heterocycles. The fourth-order valence-electron chi connectivity index (χ4n) is 1.77. The smallest absolute Gasteiger partial charge is 0.145 e. The van der Waals surface area contributed by atoms with E-state index >= 15 is 0 Å². The van der Waals surface area contributed by atoms with E-state index < -0.39 is 5.38 Å². The minimum absolute atomic E-state index is 0.217. The standard InChI is InChI=1S/C13H14ClNO2/c14-13(8-15)10-3-5-11(6-4-10)17-9-12-2-1-7-16-12/h3-6,12-13H,1-2,7,9H2. The maximum Gasteiger partial charge on any atom is 0.145 e. The van der Waals surface area contributed by atoms with Crippen LogP contribution < -0.4 is 4.74 Å². The number of ether oxygens (including phenoxy) is 2. The van der Waals surface area contributed by atoms with E-state index in [0.29, 0.717) is 6.61 Å². The van der Waals surface area contributed by atoms with E-state index in [2.05, 4.69) is 0 Å². The van der Waals surface area contributed by atoms with Crippen LogP contribution >= 0.6 is 11.6 Å². The Labute approximate surface area is 106 Å². The van der Waals surface area contributed by atoms with Crippen molar-refractivity contribution < 1.29 is 9.47 Å². The Hall–Kier alpha value is -1.24. The molecule has 2 unspecified atom stereocenters. The fraction of sp³-hybridized carbons (Fsp3) is 0.462. The monoisotopic (exact) mass is 251 g/mol. The van der Waals surface area contributed by atoms with Crippen molar-refractivity contribution >= 4 is 11.6 Å². The number of hydrogen-bond acceptors (Lipinski definition) is 3. The van der Waals surface area contributed by atoms with E-state index in [0.717, 1.165) is 30.8 Å². The first-order valence-electron chi connectivity index (χ1n) is 5.67. The maximum absolute atomic E-state index is 8.67. The van der Waals surface area contributed by atoms with Crippen LogP contribution in [0.25, 0.3) is 0 Å². The molecule has 2 atom stereocenters. The number of nitrogens with zero attached hydrogens (tertiary/aromatic N) is 1. The second kappa shape index (κ2) is 5.90. The highest BCUT2D eigenvalue weighted by Crippen LogP contribution is 2.22. The second-order valence-corrected chi connectivity index (χ2v) is 4.44. The summed E-state index contributed by atoms with van der Waals surface area (Å²) in [4.78, 5) is 0. The van der Waals surface area contributed by atoms with Gasteiger partial charge in [-0.25, -0.2) is 0 Å². The predicted octanol–water partition coefficient (Wildman–Crippen LogP) is 3.05. The lowest BCUT2D eigenvalue weighted by atomic mass is 10.1. The molecule has 0 spiro atoms. The van der Waals surface area contributed by atoms with Crippen molar-refractivity contribution in [2.24, 2.45) is 0 Å². The molecule has 1 fully saturated rings. The van der Waals surface area contributed by atoms with E-state index in [1.165, 1.54) is 0 Å². The Morgan fingerprint density at radius 1 is 1.47 bits per heavy atom. The largest absolute Gasteiger partial charge is 0.491 e. The van der Waals surface area contributed by atoms with E-state index in [1.54, 1.807) is 0 Å². The van der Waals surface area contributed by atoms with Gasteiger partial charge in [0, 0.05) is 6.61 Å². The molecule has 17 heavy (non-hydrogen) atoms. The molecule has 0 bridgehead atoms. The molecule has 4 heteroatoms. The number of hydrogen-bond donors (Lipinski definition) is 0. The fourth-order valence-corrected chi connectivity index (χ4v) is 1.92. The lowest BCUT2D eigenvalue weighted by Gasteiger charge is -2.11. The molecule has 0 aliphatic carbocycles. The van der Waals surface area contributed by atoms with Crippen molar-refractivity contribution in [2.45, 2.75) is 24.3 Å². The zero-order valence-corrected chi connectivity index (χ0v) is 10.2. The lowest BCUT2D eigenvalue weighted by Crippen LogP contribution is -2.16. The Morgan fingerprint density at radius 3 is 2.82 bits per heavy atom. The predicted molar refractivity (Wildman–Crippen MR) is 65.1 cm³/mol. The van der Waals surface area contributed by atoms with Gasteiger partial charge in [0.15, 0.2) is 0 Å². The van der Waals surface area contributed by atoms with Crippen LogP contribution in [0.2, 0.25) is 0 Å². The minimum Gasteiger partial charge on any atom is -0.491 e. The quantitative estimate of drug-likeness (QED) is 0.773. The summed E-state index contributed by atoms with van der Waals surface area (Å²) in [6.07, 6.45) is 2.40. The van der Waals surface area contributed by atoms with Crippen molar-refractivity contribution in [1.82, 2.24) is 0 Å². The minimum atomic E-state index is -0.595. The first kappa shape index (κ1) is 12.2. The molecular formula is C13H14ClNO2. The van der Waals surface area contributed by atoms with Gasteiger partial charge in [0.25, 0.3) is 0 Å². The highest BCUT2D eigenvalue weighted by molar-refractivity contribution is 6.22. The molecule has 0 N–H and O–H groups in total. The molecule has 2 rings (SSSR count). The Balaban J connectivity index is 1.87. The first-order valence-corrected chi connectivity index (χ1v) is 6.11. The molecule has 1 aromatic rings. The Kier molecular flexibility index (Phi) is 4.24. The summed E-state index contributed by atoms with van der Waals surface area (Å²) in [5.74, 6) is 0.783. The summed E-state index contributed by atoms with van der Waals surface area (Å²) in [6, 6.07) is 9.27. The number of halogens is 1. The second-order valence-electron chi connectivity index (χ2n) is 4.01.